The molecule has 1 heterocycles. The van der Waals surface area contributed by atoms with E-state index in [2.05, 4.69) is 21.2 Å². The molecule has 0 unspecified atom stereocenters. The number of likely N-dealkylation sites (tertiary alicyclic amines) is 1. The van der Waals surface area contributed by atoms with Gasteiger partial charge in [-0.25, -0.2) is 0 Å². The molecule has 0 aromatic heterocycles. The number of fused-ring (bicyclic) bond motifs is 1. The van der Waals surface area contributed by atoms with Crippen LogP contribution in [0.2, 0.25) is 0 Å². The second kappa shape index (κ2) is 7.42. The average Bonchev–Trinajstić information content (AvgIpc) is 2.99. The van der Waals surface area contributed by atoms with Crippen LogP contribution in [0.15, 0.2) is 22.7 Å². The summed E-state index contributed by atoms with van der Waals surface area (Å²) in [4.78, 5) is 25.9. The first-order chi connectivity index (χ1) is 10.9. The zero-order valence-corrected chi connectivity index (χ0v) is 16.0. The molecule has 1 aliphatic heterocycles. The van der Waals surface area contributed by atoms with E-state index in [-0.39, 0.29) is 30.8 Å². The third kappa shape index (κ3) is 3.60. The van der Waals surface area contributed by atoms with Crippen molar-refractivity contribution in [1.82, 2.24) is 4.90 Å². The maximum absolute atomic E-state index is 12.3. The number of amides is 1. The number of nitrogens with zero attached hydrogens (tertiary/aromatic N) is 1. The van der Waals surface area contributed by atoms with Gasteiger partial charge < -0.3 is 10.4 Å². The van der Waals surface area contributed by atoms with Crippen LogP contribution in [-0.2, 0) is 9.59 Å². The van der Waals surface area contributed by atoms with E-state index in [0.717, 1.165) is 35.0 Å². The largest absolute Gasteiger partial charge is 0.481 e. The summed E-state index contributed by atoms with van der Waals surface area (Å²) in [5.74, 6) is -0.627. The van der Waals surface area contributed by atoms with E-state index in [9.17, 15) is 14.7 Å². The molecule has 0 spiro atoms. The smallest absolute Gasteiger partial charge is 0.311 e. The highest BCUT2D eigenvalue weighted by Gasteiger charge is 2.54. The van der Waals surface area contributed by atoms with Crippen molar-refractivity contribution in [2.75, 3.05) is 25.0 Å². The number of hydrogen-bond donors (Lipinski definition) is 2. The van der Waals surface area contributed by atoms with Crippen molar-refractivity contribution in [3.05, 3.63) is 28.2 Å². The fraction of sp³-hybridized carbons (Fsp3) is 0.529. The van der Waals surface area contributed by atoms with Gasteiger partial charge >= 0.3 is 5.97 Å². The molecule has 1 saturated carbocycles. The minimum atomic E-state index is -0.704. The zero-order chi connectivity index (χ0) is 16.6. The standard InChI is InChI=1S/C17H21BrN2O3.ClH/c1-11-4-5-14(13(18)7-11)19-15(21)9-20-8-12-3-2-6-17(12,10-20)16(22)23;/h4-5,7,12H,2-3,6,8-10H2,1H3,(H,19,21)(H,22,23);1H/t12-,17+;/m0./s1. The highest BCUT2D eigenvalue weighted by molar-refractivity contribution is 9.10. The van der Waals surface area contributed by atoms with Crippen molar-refractivity contribution in [2.24, 2.45) is 11.3 Å². The predicted octanol–water partition coefficient (Wildman–Crippen LogP) is 3.30. The molecule has 1 aliphatic carbocycles. The molecule has 2 atom stereocenters. The lowest BCUT2D eigenvalue weighted by molar-refractivity contribution is -0.149. The third-order valence-electron chi connectivity index (χ3n) is 5.13. The van der Waals surface area contributed by atoms with Crippen LogP contribution in [0.25, 0.3) is 0 Å². The van der Waals surface area contributed by atoms with Gasteiger partial charge in [0.2, 0.25) is 5.91 Å². The molecule has 1 saturated heterocycles. The number of nitrogens with one attached hydrogen (secondary N) is 1. The summed E-state index contributed by atoms with van der Waals surface area (Å²) in [7, 11) is 0. The topological polar surface area (TPSA) is 69.6 Å². The molecule has 2 aliphatic rings. The number of anilines is 1. The van der Waals surface area contributed by atoms with Gasteiger partial charge in [-0.1, -0.05) is 12.5 Å². The number of benzene rings is 1. The van der Waals surface area contributed by atoms with E-state index >= 15 is 0 Å². The zero-order valence-electron chi connectivity index (χ0n) is 13.5. The molecule has 1 aromatic carbocycles. The molecule has 1 aromatic rings. The molecule has 2 N–H and O–H groups in total. The fourth-order valence-corrected chi connectivity index (χ4v) is 4.57. The molecular weight excluding hydrogens is 396 g/mol. The Morgan fingerprint density at radius 1 is 1.46 bits per heavy atom. The molecule has 132 valence electrons. The van der Waals surface area contributed by atoms with Crippen LogP contribution in [0.1, 0.15) is 24.8 Å². The van der Waals surface area contributed by atoms with Gasteiger partial charge in [-0.3, -0.25) is 14.5 Å². The molecule has 1 amide bonds. The van der Waals surface area contributed by atoms with Crippen LogP contribution in [0.5, 0.6) is 0 Å². The highest BCUT2D eigenvalue weighted by Crippen LogP contribution is 2.48. The van der Waals surface area contributed by atoms with E-state index in [0.29, 0.717) is 13.1 Å². The average molecular weight is 418 g/mol. The van der Waals surface area contributed by atoms with Crippen molar-refractivity contribution in [2.45, 2.75) is 26.2 Å². The quantitative estimate of drug-likeness (QED) is 0.788. The van der Waals surface area contributed by atoms with Crippen molar-refractivity contribution in [3.8, 4) is 0 Å². The summed E-state index contributed by atoms with van der Waals surface area (Å²) in [5, 5.41) is 12.5. The normalized spacial score (nSPS) is 25.8. The van der Waals surface area contributed by atoms with E-state index in [1.807, 2.05) is 30.0 Å². The third-order valence-corrected chi connectivity index (χ3v) is 5.79. The molecule has 0 bridgehead atoms. The number of carboxylic acids is 1. The van der Waals surface area contributed by atoms with Gasteiger partial charge in [0.25, 0.3) is 0 Å². The Morgan fingerprint density at radius 2 is 2.21 bits per heavy atom. The minimum Gasteiger partial charge on any atom is -0.481 e. The summed E-state index contributed by atoms with van der Waals surface area (Å²) >= 11 is 3.45. The Bertz CT molecular complexity index is 655. The van der Waals surface area contributed by atoms with Crippen molar-refractivity contribution in [1.29, 1.82) is 0 Å². The molecule has 7 heteroatoms. The fourth-order valence-electron chi connectivity index (χ4n) is 3.98. The summed E-state index contributed by atoms with van der Waals surface area (Å²) in [6, 6.07) is 5.77. The summed E-state index contributed by atoms with van der Waals surface area (Å²) < 4.78 is 0.853. The van der Waals surface area contributed by atoms with Gasteiger partial charge in [0.15, 0.2) is 0 Å². The maximum Gasteiger partial charge on any atom is 0.311 e. The number of carbonyl (C=O) groups is 2. The van der Waals surface area contributed by atoms with Gasteiger partial charge in [-0.05, 0) is 59.3 Å². The van der Waals surface area contributed by atoms with E-state index in [4.69, 9.17) is 0 Å². The van der Waals surface area contributed by atoms with Crippen LogP contribution in [-0.4, -0.2) is 41.5 Å². The number of carboxylic acid groups (broad SMARTS) is 1. The molecule has 2 fully saturated rings. The van der Waals surface area contributed by atoms with E-state index < -0.39 is 11.4 Å². The van der Waals surface area contributed by atoms with Crippen LogP contribution in [0.4, 0.5) is 5.69 Å². The molecular formula is C17H22BrClN2O3. The van der Waals surface area contributed by atoms with Crippen molar-refractivity contribution < 1.29 is 14.7 Å². The SMILES string of the molecule is Cc1ccc(NC(=O)CN2C[C@@H]3CCC[C@@]3(C(=O)O)C2)c(Br)c1.Cl. The summed E-state index contributed by atoms with van der Waals surface area (Å²) in [6.45, 7) is 3.42. The summed E-state index contributed by atoms with van der Waals surface area (Å²) in [6.07, 6.45) is 2.66. The molecule has 5 nitrogen and oxygen atoms in total. The number of aryl methyl sites for hydroxylation is 1. The maximum atomic E-state index is 12.3. The van der Waals surface area contributed by atoms with Gasteiger partial charge in [0, 0.05) is 17.6 Å². The summed E-state index contributed by atoms with van der Waals surface area (Å²) in [5.41, 5.74) is 1.23. The van der Waals surface area contributed by atoms with E-state index in [1.165, 1.54) is 0 Å². The Hall–Kier alpha value is -1.11. The van der Waals surface area contributed by atoms with Crippen LogP contribution >= 0.6 is 28.3 Å². The minimum absolute atomic E-state index is 0. The first-order valence-corrected chi connectivity index (χ1v) is 8.72. The number of rotatable bonds is 4. The Kier molecular flexibility index (Phi) is 5.94. The first-order valence-electron chi connectivity index (χ1n) is 7.92. The Morgan fingerprint density at radius 3 is 2.83 bits per heavy atom. The van der Waals surface area contributed by atoms with E-state index in [1.54, 1.807) is 0 Å². The second-order valence-electron chi connectivity index (χ2n) is 6.75. The van der Waals surface area contributed by atoms with Gasteiger partial charge in [0.05, 0.1) is 17.6 Å². The number of hydrogen-bond acceptors (Lipinski definition) is 3. The monoisotopic (exact) mass is 416 g/mol. The Balaban J connectivity index is 0.00000208. The van der Waals surface area contributed by atoms with Crippen molar-refractivity contribution >= 4 is 45.9 Å². The molecule has 3 rings (SSSR count). The highest BCUT2D eigenvalue weighted by atomic mass is 79.9. The Labute approximate surface area is 156 Å². The lowest BCUT2D eigenvalue weighted by Gasteiger charge is -2.23. The predicted molar refractivity (Wildman–Crippen MR) is 98.6 cm³/mol. The number of carbonyl (C=O) groups excluding carboxylic acids is 1. The number of halogens is 2. The van der Waals surface area contributed by atoms with Crippen molar-refractivity contribution in [3.63, 3.8) is 0 Å². The van der Waals surface area contributed by atoms with Gasteiger partial charge in [-0.15, -0.1) is 12.4 Å². The van der Waals surface area contributed by atoms with Gasteiger partial charge in [-0.2, -0.15) is 0 Å². The lowest BCUT2D eigenvalue weighted by Crippen LogP contribution is -2.37. The van der Waals surface area contributed by atoms with Gasteiger partial charge in [0.1, 0.15) is 0 Å². The lowest BCUT2D eigenvalue weighted by atomic mass is 9.81. The van der Waals surface area contributed by atoms with Crippen LogP contribution < -0.4 is 5.32 Å². The first kappa shape index (κ1) is 19.2. The molecule has 0 radical (unpaired) electrons. The van der Waals surface area contributed by atoms with Crippen LogP contribution in [0.3, 0.4) is 0 Å². The number of aliphatic carboxylic acids is 1. The van der Waals surface area contributed by atoms with Crippen LogP contribution in [0, 0.1) is 18.3 Å². The second-order valence-corrected chi connectivity index (χ2v) is 7.61. The molecule has 24 heavy (non-hydrogen) atoms.